The molecule has 0 saturated carbocycles. The predicted octanol–water partition coefficient (Wildman–Crippen LogP) is 2.03. The van der Waals surface area contributed by atoms with Gasteiger partial charge in [0.2, 0.25) is 0 Å². The fourth-order valence-electron chi connectivity index (χ4n) is 1.27. The van der Waals surface area contributed by atoms with Crippen LogP contribution in [0.25, 0.3) is 0 Å². The molecule has 0 radical (unpaired) electrons. The van der Waals surface area contributed by atoms with Gasteiger partial charge < -0.3 is 10.1 Å². The molecule has 1 aromatic carbocycles. The Labute approximate surface area is 95.8 Å². The maximum Gasteiger partial charge on any atom is 0.328 e. The average Bonchev–Trinajstić information content (AvgIpc) is 2.29. The van der Waals surface area contributed by atoms with Crippen molar-refractivity contribution in [3.8, 4) is 12.3 Å². The van der Waals surface area contributed by atoms with Crippen LogP contribution in [0.4, 0.5) is 5.69 Å². The second-order valence-electron chi connectivity index (χ2n) is 3.34. The normalized spacial score (nSPS) is 11.3. The first-order valence-corrected chi connectivity index (χ1v) is 5.17. The molecule has 1 aromatic rings. The van der Waals surface area contributed by atoms with Gasteiger partial charge in [0.15, 0.2) is 0 Å². The first kappa shape index (κ1) is 12.1. The molecule has 84 valence electrons. The molecule has 0 heterocycles. The van der Waals surface area contributed by atoms with Gasteiger partial charge in [0.25, 0.3) is 0 Å². The number of hydrogen-bond donors (Lipinski definition) is 1. The molecule has 3 nitrogen and oxygen atoms in total. The lowest BCUT2D eigenvalue weighted by atomic mass is 10.2. The summed E-state index contributed by atoms with van der Waals surface area (Å²) in [7, 11) is 0. The number of benzene rings is 1. The van der Waals surface area contributed by atoms with Gasteiger partial charge in [0, 0.05) is 11.3 Å². The quantitative estimate of drug-likeness (QED) is 0.619. The van der Waals surface area contributed by atoms with Crippen LogP contribution in [-0.4, -0.2) is 18.6 Å². The Hall–Kier alpha value is -1.95. The van der Waals surface area contributed by atoms with Crippen molar-refractivity contribution in [2.24, 2.45) is 0 Å². The summed E-state index contributed by atoms with van der Waals surface area (Å²) in [6.45, 7) is 3.92. The topological polar surface area (TPSA) is 38.3 Å². The molecular formula is C13H15NO2. The van der Waals surface area contributed by atoms with Crippen LogP contribution in [0.2, 0.25) is 0 Å². The Kier molecular flexibility index (Phi) is 4.41. The van der Waals surface area contributed by atoms with Crippen LogP contribution in [0.5, 0.6) is 0 Å². The van der Waals surface area contributed by atoms with Crippen molar-refractivity contribution in [1.29, 1.82) is 0 Å². The minimum Gasteiger partial charge on any atom is -0.464 e. The van der Waals surface area contributed by atoms with Gasteiger partial charge in [0.05, 0.1) is 6.61 Å². The molecule has 0 amide bonds. The van der Waals surface area contributed by atoms with E-state index in [1.54, 1.807) is 13.8 Å². The largest absolute Gasteiger partial charge is 0.464 e. The second kappa shape index (κ2) is 5.82. The van der Waals surface area contributed by atoms with Gasteiger partial charge in [-0.15, -0.1) is 6.42 Å². The fourth-order valence-corrected chi connectivity index (χ4v) is 1.27. The van der Waals surface area contributed by atoms with Crippen LogP contribution < -0.4 is 5.32 Å². The van der Waals surface area contributed by atoms with Crippen molar-refractivity contribution in [2.45, 2.75) is 19.9 Å². The lowest BCUT2D eigenvalue weighted by Gasteiger charge is -2.13. The number of carbonyl (C=O) groups excluding carboxylic acids is 1. The highest BCUT2D eigenvalue weighted by molar-refractivity contribution is 5.78. The molecule has 0 aliphatic carbocycles. The van der Waals surface area contributed by atoms with Crippen LogP contribution >= 0.6 is 0 Å². The number of hydrogen-bond acceptors (Lipinski definition) is 3. The first-order valence-electron chi connectivity index (χ1n) is 5.17. The molecule has 0 saturated heterocycles. The maximum atomic E-state index is 11.4. The zero-order chi connectivity index (χ0) is 12.0. The van der Waals surface area contributed by atoms with Gasteiger partial charge in [-0.05, 0) is 32.0 Å². The zero-order valence-electron chi connectivity index (χ0n) is 9.49. The zero-order valence-corrected chi connectivity index (χ0v) is 9.49. The first-order chi connectivity index (χ1) is 7.67. The van der Waals surface area contributed by atoms with E-state index in [2.05, 4.69) is 11.2 Å². The standard InChI is InChI=1S/C13H15NO2/c1-4-11-7-6-8-12(9-11)14-10(3)13(15)16-5-2/h1,6-10,14H,5H2,2-3H3. The van der Waals surface area contributed by atoms with Crippen LogP contribution in [0, 0.1) is 12.3 Å². The number of rotatable bonds is 4. The third-order valence-electron chi connectivity index (χ3n) is 2.05. The lowest BCUT2D eigenvalue weighted by molar-refractivity contribution is -0.143. The number of terminal acetylenes is 1. The highest BCUT2D eigenvalue weighted by atomic mass is 16.5. The van der Waals surface area contributed by atoms with Crippen LogP contribution in [0.1, 0.15) is 19.4 Å². The Balaban J connectivity index is 2.66. The summed E-state index contributed by atoms with van der Waals surface area (Å²) in [5.74, 6) is 2.27. The van der Waals surface area contributed by atoms with E-state index in [4.69, 9.17) is 11.2 Å². The molecule has 0 bridgehead atoms. The highest BCUT2D eigenvalue weighted by Gasteiger charge is 2.12. The van der Waals surface area contributed by atoms with Crippen molar-refractivity contribution >= 4 is 11.7 Å². The van der Waals surface area contributed by atoms with Crippen molar-refractivity contribution in [3.05, 3.63) is 29.8 Å². The van der Waals surface area contributed by atoms with E-state index < -0.39 is 0 Å². The molecule has 0 aromatic heterocycles. The van der Waals surface area contributed by atoms with Crippen molar-refractivity contribution in [1.82, 2.24) is 0 Å². The van der Waals surface area contributed by atoms with E-state index >= 15 is 0 Å². The Bertz CT molecular complexity index is 407. The SMILES string of the molecule is C#Cc1cccc(NC(C)C(=O)OCC)c1. The third kappa shape index (κ3) is 3.32. The molecule has 1 unspecified atom stereocenters. The maximum absolute atomic E-state index is 11.4. The summed E-state index contributed by atoms with van der Waals surface area (Å²) in [6, 6.07) is 6.97. The molecule has 1 atom stereocenters. The molecule has 16 heavy (non-hydrogen) atoms. The van der Waals surface area contributed by atoms with Gasteiger partial charge >= 0.3 is 5.97 Å². The summed E-state index contributed by atoms with van der Waals surface area (Å²) in [4.78, 5) is 11.4. The summed E-state index contributed by atoms with van der Waals surface area (Å²) in [5.41, 5.74) is 1.59. The van der Waals surface area contributed by atoms with Gasteiger partial charge in [-0.1, -0.05) is 12.0 Å². The molecule has 0 fully saturated rings. The van der Waals surface area contributed by atoms with Crippen LogP contribution in [0.15, 0.2) is 24.3 Å². The van der Waals surface area contributed by atoms with Crippen molar-refractivity contribution < 1.29 is 9.53 Å². The smallest absolute Gasteiger partial charge is 0.328 e. The van der Waals surface area contributed by atoms with E-state index in [1.165, 1.54) is 0 Å². The van der Waals surface area contributed by atoms with E-state index in [1.807, 2.05) is 24.3 Å². The van der Waals surface area contributed by atoms with Gasteiger partial charge in [-0.3, -0.25) is 0 Å². The van der Waals surface area contributed by atoms with Crippen LogP contribution in [0.3, 0.4) is 0 Å². The second-order valence-corrected chi connectivity index (χ2v) is 3.34. The van der Waals surface area contributed by atoms with E-state index in [9.17, 15) is 4.79 Å². The fraction of sp³-hybridized carbons (Fsp3) is 0.308. The van der Waals surface area contributed by atoms with Gasteiger partial charge in [0.1, 0.15) is 6.04 Å². The molecular weight excluding hydrogens is 202 g/mol. The number of esters is 1. The van der Waals surface area contributed by atoms with Gasteiger partial charge in [-0.25, -0.2) is 4.79 Å². The summed E-state index contributed by atoms with van der Waals surface area (Å²) in [6.07, 6.45) is 5.29. The Morgan fingerprint density at radius 1 is 1.62 bits per heavy atom. The number of anilines is 1. The molecule has 0 aliphatic heterocycles. The van der Waals surface area contributed by atoms with E-state index in [-0.39, 0.29) is 12.0 Å². The van der Waals surface area contributed by atoms with Crippen molar-refractivity contribution in [2.75, 3.05) is 11.9 Å². The Morgan fingerprint density at radius 2 is 2.38 bits per heavy atom. The predicted molar refractivity (Wildman–Crippen MR) is 64.1 cm³/mol. The molecule has 0 spiro atoms. The Morgan fingerprint density at radius 3 is 3.00 bits per heavy atom. The van der Waals surface area contributed by atoms with Crippen molar-refractivity contribution in [3.63, 3.8) is 0 Å². The van der Waals surface area contributed by atoms with E-state index in [0.717, 1.165) is 11.3 Å². The monoisotopic (exact) mass is 217 g/mol. The number of nitrogens with one attached hydrogen (secondary N) is 1. The number of ether oxygens (including phenoxy) is 1. The minimum absolute atomic E-state index is 0.270. The van der Waals surface area contributed by atoms with E-state index in [0.29, 0.717) is 6.61 Å². The summed E-state index contributed by atoms with van der Waals surface area (Å²) < 4.78 is 4.89. The lowest BCUT2D eigenvalue weighted by Crippen LogP contribution is -2.28. The highest BCUT2D eigenvalue weighted by Crippen LogP contribution is 2.11. The molecule has 0 aliphatic rings. The number of carbonyl (C=O) groups is 1. The van der Waals surface area contributed by atoms with Gasteiger partial charge in [-0.2, -0.15) is 0 Å². The third-order valence-corrected chi connectivity index (χ3v) is 2.05. The molecule has 3 heteroatoms. The summed E-state index contributed by atoms with van der Waals surface area (Å²) in [5, 5.41) is 3.03. The van der Waals surface area contributed by atoms with Crippen LogP contribution in [-0.2, 0) is 9.53 Å². The minimum atomic E-state index is -0.382. The average molecular weight is 217 g/mol. The molecule has 1 rings (SSSR count). The molecule has 1 N–H and O–H groups in total. The summed E-state index contributed by atoms with van der Waals surface area (Å²) >= 11 is 0.